The number of carbonyl (C=O) groups excluding carboxylic acids is 5. The zero-order valence-electron chi connectivity index (χ0n) is 30.3. The lowest BCUT2D eigenvalue weighted by atomic mass is 9.85. The van der Waals surface area contributed by atoms with E-state index in [0.717, 1.165) is 11.8 Å². The summed E-state index contributed by atoms with van der Waals surface area (Å²) in [5.41, 5.74) is 0.913. The highest BCUT2D eigenvalue weighted by molar-refractivity contribution is 7.17. The Balaban J connectivity index is 2.20. The van der Waals surface area contributed by atoms with Crippen LogP contribution in [0.3, 0.4) is 0 Å². The Hall–Kier alpha value is -2.88. The van der Waals surface area contributed by atoms with Gasteiger partial charge in [0.15, 0.2) is 0 Å². The zero-order chi connectivity index (χ0) is 36.3. The molecule has 1 aliphatic heterocycles. The van der Waals surface area contributed by atoms with Crippen molar-refractivity contribution in [2.75, 3.05) is 20.6 Å². The van der Waals surface area contributed by atoms with Crippen molar-refractivity contribution in [3.05, 3.63) is 35.9 Å². The van der Waals surface area contributed by atoms with Gasteiger partial charge in [0, 0.05) is 31.5 Å². The summed E-state index contributed by atoms with van der Waals surface area (Å²) in [5, 5.41) is 20.5. The van der Waals surface area contributed by atoms with E-state index in [-0.39, 0.29) is 53.6 Å². The van der Waals surface area contributed by atoms with E-state index in [2.05, 4.69) is 25.2 Å². The third kappa shape index (κ3) is 10.6. The molecule has 11 nitrogen and oxygen atoms in total. The second-order valence-corrected chi connectivity index (χ2v) is 14.7. The Morgan fingerprint density at radius 3 is 2.12 bits per heavy atom. The maximum Gasteiger partial charge on any atom is 0.245 e. The number of carbonyl (C=O) groups is 5. The molecule has 0 aliphatic carbocycles. The fraction of sp³-hybridized carbons (Fsp3) is 0.694. The van der Waals surface area contributed by atoms with Crippen molar-refractivity contribution in [1.29, 1.82) is 0 Å². The molecule has 1 heterocycles. The predicted octanol–water partition coefficient (Wildman–Crippen LogP) is 3.13. The van der Waals surface area contributed by atoms with Gasteiger partial charge in [0.05, 0.1) is 30.4 Å². The Morgan fingerprint density at radius 2 is 1.60 bits per heavy atom. The van der Waals surface area contributed by atoms with Gasteiger partial charge in [-0.05, 0) is 43.2 Å². The largest absolute Gasteiger partial charge is 0.390 e. The number of aldehydes is 1. The minimum absolute atomic E-state index is 0.0128. The van der Waals surface area contributed by atoms with Crippen LogP contribution in [0.5, 0.6) is 0 Å². The first kappa shape index (κ1) is 41.3. The third-order valence-electron chi connectivity index (χ3n) is 9.96. The van der Waals surface area contributed by atoms with Crippen LogP contribution in [0.4, 0.5) is 0 Å². The summed E-state index contributed by atoms with van der Waals surface area (Å²) in [4.78, 5) is 69.5. The molecular formula is C36H60N5O6P. The molecule has 4 amide bonds. The molecule has 270 valence electrons. The fourth-order valence-electron chi connectivity index (χ4n) is 6.81. The number of aliphatic hydroxyl groups excluding tert-OH is 1. The standard InChI is InChI=1S/C36H60N5O6P/c1-10-23(6)32(40(9)36(47)31(22(4)5)38-34(46)30(37-8)21(2)3)28(43)19-29(44)41-18-14-17-27(41)26(20-42)24(7)33(45)39-35(48)25-15-12-11-13-16-25/h11-13,15-16,20-24,26-28,30-32,35,37,43H,10,14,17-19,48H2,1-9H3,(H,38,46)(H,39,45)/t23?,24-,26+,27-,28+,30-,31-,32-,35?/m0/s1. The van der Waals surface area contributed by atoms with E-state index in [1.54, 1.807) is 25.9 Å². The number of likely N-dealkylation sites (tertiary alicyclic amines) is 1. The van der Waals surface area contributed by atoms with Crippen molar-refractivity contribution in [3.63, 3.8) is 0 Å². The number of hydrogen-bond donors (Lipinski definition) is 4. The van der Waals surface area contributed by atoms with Gasteiger partial charge in [-0.3, -0.25) is 19.2 Å². The van der Waals surface area contributed by atoms with Gasteiger partial charge < -0.3 is 35.7 Å². The van der Waals surface area contributed by atoms with Gasteiger partial charge in [-0.1, -0.05) is 85.2 Å². The molecule has 1 fully saturated rings. The van der Waals surface area contributed by atoms with Crippen LogP contribution in [0, 0.1) is 29.6 Å². The smallest absolute Gasteiger partial charge is 0.245 e. The van der Waals surface area contributed by atoms with Gasteiger partial charge in [-0.2, -0.15) is 0 Å². The van der Waals surface area contributed by atoms with Crippen molar-refractivity contribution in [2.24, 2.45) is 29.6 Å². The second-order valence-electron chi connectivity index (χ2n) is 14.0. The Kier molecular flexibility index (Phi) is 16.6. The molecule has 10 atom stereocenters. The van der Waals surface area contributed by atoms with E-state index < -0.39 is 42.1 Å². The molecule has 1 aliphatic rings. The van der Waals surface area contributed by atoms with Crippen LogP contribution in [0.15, 0.2) is 30.3 Å². The lowest BCUT2D eigenvalue weighted by Crippen LogP contribution is -2.59. The molecule has 12 heteroatoms. The molecule has 0 aromatic heterocycles. The van der Waals surface area contributed by atoms with E-state index in [1.165, 1.54) is 4.90 Å². The lowest BCUT2D eigenvalue weighted by molar-refractivity contribution is -0.145. The van der Waals surface area contributed by atoms with Crippen LogP contribution in [-0.2, 0) is 24.0 Å². The van der Waals surface area contributed by atoms with Crippen molar-refractivity contribution < 1.29 is 29.1 Å². The topological polar surface area (TPSA) is 148 Å². The van der Waals surface area contributed by atoms with E-state index >= 15 is 0 Å². The minimum atomic E-state index is -1.19. The Labute approximate surface area is 289 Å². The second kappa shape index (κ2) is 19.3. The Bertz CT molecular complexity index is 1220. The van der Waals surface area contributed by atoms with Gasteiger partial charge in [0.2, 0.25) is 23.6 Å². The average molecular weight is 690 g/mol. The van der Waals surface area contributed by atoms with Crippen molar-refractivity contribution in [2.45, 2.75) is 110 Å². The summed E-state index contributed by atoms with van der Waals surface area (Å²) in [6.07, 6.45) is 1.22. The van der Waals surface area contributed by atoms with Gasteiger partial charge >= 0.3 is 0 Å². The molecule has 0 bridgehead atoms. The molecule has 4 N–H and O–H groups in total. The number of nitrogens with one attached hydrogen (secondary N) is 3. The quantitative estimate of drug-likeness (QED) is 0.137. The first-order chi connectivity index (χ1) is 22.6. The summed E-state index contributed by atoms with van der Waals surface area (Å²) < 4.78 is 0. The minimum Gasteiger partial charge on any atom is -0.390 e. The molecular weight excluding hydrogens is 629 g/mol. The third-order valence-corrected chi connectivity index (χ3v) is 10.5. The number of likely N-dealkylation sites (N-methyl/N-ethyl adjacent to an activating group) is 2. The van der Waals surface area contributed by atoms with E-state index in [9.17, 15) is 29.1 Å². The Morgan fingerprint density at radius 1 is 1.00 bits per heavy atom. The molecule has 1 aromatic carbocycles. The van der Waals surface area contributed by atoms with Gasteiger partial charge in [0.25, 0.3) is 0 Å². The van der Waals surface area contributed by atoms with Crippen LogP contribution < -0.4 is 16.0 Å². The van der Waals surface area contributed by atoms with Gasteiger partial charge in [-0.25, -0.2) is 0 Å². The fourth-order valence-corrected chi connectivity index (χ4v) is 7.20. The highest BCUT2D eigenvalue weighted by Gasteiger charge is 2.42. The molecule has 3 unspecified atom stereocenters. The number of rotatable bonds is 18. The summed E-state index contributed by atoms with van der Waals surface area (Å²) in [5.74, 6) is -3.32. The SMILES string of the molecule is CCC(C)[C@@H]([C@H](O)CC(=O)N1CCC[C@H]1[C@H](C=O)[C@H](C)C(=O)NC(P)c1ccccc1)N(C)C(=O)[C@@H](NC(=O)[C@@H](NC)C(C)C)C(C)C. The van der Waals surface area contributed by atoms with E-state index in [4.69, 9.17) is 0 Å². The molecule has 1 aromatic rings. The molecule has 2 rings (SSSR count). The molecule has 0 radical (unpaired) electrons. The zero-order valence-corrected chi connectivity index (χ0v) is 31.5. The first-order valence-electron chi connectivity index (χ1n) is 17.4. The summed E-state index contributed by atoms with van der Waals surface area (Å²) in [6.45, 7) is 13.6. The summed E-state index contributed by atoms with van der Waals surface area (Å²) in [7, 11) is 5.93. The lowest BCUT2D eigenvalue weighted by Gasteiger charge is -2.39. The summed E-state index contributed by atoms with van der Waals surface area (Å²) >= 11 is 0. The van der Waals surface area contributed by atoms with Crippen LogP contribution in [0.25, 0.3) is 0 Å². The highest BCUT2D eigenvalue weighted by atomic mass is 31.0. The molecule has 0 saturated carbocycles. The van der Waals surface area contributed by atoms with Crippen molar-refractivity contribution >= 4 is 39.2 Å². The van der Waals surface area contributed by atoms with Crippen molar-refractivity contribution in [1.82, 2.24) is 25.8 Å². The molecule has 48 heavy (non-hydrogen) atoms. The first-order valence-corrected chi connectivity index (χ1v) is 18.1. The van der Waals surface area contributed by atoms with Crippen LogP contribution >= 0.6 is 9.24 Å². The average Bonchev–Trinajstić information content (AvgIpc) is 3.53. The maximum absolute atomic E-state index is 13.9. The predicted molar refractivity (Wildman–Crippen MR) is 192 cm³/mol. The van der Waals surface area contributed by atoms with Gasteiger partial charge in [-0.15, -0.1) is 9.24 Å². The van der Waals surface area contributed by atoms with E-state index in [0.29, 0.717) is 25.8 Å². The number of hydrogen-bond acceptors (Lipinski definition) is 7. The number of aliphatic hydroxyl groups is 1. The van der Waals surface area contributed by atoms with E-state index in [1.807, 2.05) is 71.9 Å². The number of nitrogens with zero attached hydrogens (tertiary/aromatic N) is 2. The monoisotopic (exact) mass is 689 g/mol. The highest BCUT2D eigenvalue weighted by Crippen LogP contribution is 2.31. The molecule has 0 spiro atoms. The summed E-state index contributed by atoms with van der Waals surface area (Å²) in [6, 6.07) is 7.02. The molecule has 1 saturated heterocycles. The van der Waals surface area contributed by atoms with Gasteiger partial charge in [0.1, 0.15) is 12.3 Å². The van der Waals surface area contributed by atoms with Crippen molar-refractivity contribution in [3.8, 4) is 0 Å². The number of amides is 4. The van der Waals surface area contributed by atoms with Crippen LogP contribution in [0.2, 0.25) is 0 Å². The normalized spacial score (nSPS) is 19.9. The number of benzene rings is 1. The maximum atomic E-state index is 13.9. The van der Waals surface area contributed by atoms with Crippen LogP contribution in [-0.4, -0.2) is 95.7 Å². The van der Waals surface area contributed by atoms with Crippen LogP contribution in [0.1, 0.15) is 85.5 Å².